The van der Waals surface area contributed by atoms with Crippen molar-refractivity contribution in [1.82, 2.24) is 15.3 Å². The van der Waals surface area contributed by atoms with Crippen LogP contribution in [0, 0.1) is 0 Å². The van der Waals surface area contributed by atoms with Gasteiger partial charge in [-0.25, -0.2) is 0 Å². The van der Waals surface area contributed by atoms with Crippen LogP contribution in [0.15, 0.2) is 36.5 Å². The van der Waals surface area contributed by atoms with E-state index < -0.39 is 0 Å². The summed E-state index contributed by atoms with van der Waals surface area (Å²) in [7, 11) is 4.18. The lowest BCUT2D eigenvalue weighted by atomic mass is 9.83. The molecule has 4 heteroatoms. The number of rotatable bonds is 5. The number of benzene rings is 1. The normalized spacial score (nSPS) is 16.3. The summed E-state index contributed by atoms with van der Waals surface area (Å²) in [5.74, 6) is 5.89. The molecule has 108 valence electrons. The van der Waals surface area contributed by atoms with Gasteiger partial charge in [-0.1, -0.05) is 31.2 Å². The maximum atomic E-state index is 5.89. The van der Waals surface area contributed by atoms with Gasteiger partial charge in [0.1, 0.15) is 0 Å². The van der Waals surface area contributed by atoms with Crippen molar-refractivity contribution in [2.24, 2.45) is 5.84 Å². The minimum Gasteiger partial charge on any atom is -0.302 e. The number of hydrogen-bond acceptors (Lipinski definition) is 4. The second-order valence-corrected chi connectivity index (χ2v) is 5.63. The molecule has 2 unspecified atom stereocenters. The molecule has 3 N–H and O–H groups in total. The summed E-state index contributed by atoms with van der Waals surface area (Å²) in [5.41, 5.74) is 5.07. The molecule has 0 aliphatic rings. The lowest BCUT2D eigenvalue weighted by molar-refractivity contribution is 0.113. The van der Waals surface area contributed by atoms with Crippen molar-refractivity contribution in [3.63, 3.8) is 0 Å². The number of pyridine rings is 1. The quantitative estimate of drug-likeness (QED) is 0.648. The van der Waals surface area contributed by atoms with E-state index in [-0.39, 0.29) is 11.6 Å². The van der Waals surface area contributed by atoms with Crippen LogP contribution in [0.4, 0.5) is 0 Å². The highest BCUT2D eigenvalue weighted by Gasteiger charge is 2.36. The van der Waals surface area contributed by atoms with Crippen molar-refractivity contribution < 1.29 is 0 Å². The molecule has 0 saturated carbocycles. The molecule has 20 heavy (non-hydrogen) atoms. The average Bonchev–Trinajstić information content (AvgIpc) is 2.47. The van der Waals surface area contributed by atoms with Crippen LogP contribution < -0.4 is 11.3 Å². The Kier molecular flexibility index (Phi) is 4.38. The third-order valence-electron chi connectivity index (χ3n) is 4.50. The number of hydrogen-bond donors (Lipinski definition) is 2. The first-order valence-electron chi connectivity index (χ1n) is 7.01. The molecule has 1 aromatic heterocycles. The molecule has 2 rings (SSSR count). The van der Waals surface area contributed by atoms with Gasteiger partial charge < -0.3 is 4.90 Å². The van der Waals surface area contributed by atoms with Gasteiger partial charge in [-0.05, 0) is 39.1 Å². The van der Waals surface area contributed by atoms with Crippen molar-refractivity contribution in [2.45, 2.75) is 31.8 Å². The molecule has 0 aliphatic heterocycles. The first-order valence-corrected chi connectivity index (χ1v) is 7.01. The van der Waals surface area contributed by atoms with Crippen LogP contribution in [-0.4, -0.2) is 29.5 Å². The topological polar surface area (TPSA) is 54.2 Å². The maximum Gasteiger partial charge on any atom is 0.0750 e. The number of aromatic nitrogens is 1. The minimum absolute atomic E-state index is 0.0149. The molecule has 0 bridgehead atoms. The SMILES string of the molecule is CCC(C)(C(NN)c1cccc2cccnc12)N(C)C. The van der Waals surface area contributed by atoms with Crippen LogP contribution in [-0.2, 0) is 0 Å². The molecule has 0 radical (unpaired) electrons. The average molecular weight is 272 g/mol. The van der Waals surface area contributed by atoms with Crippen molar-refractivity contribution in [3.05, 3.63) is 42.1 Å². The van der Waals surface area contributed by atoms with Crippen LogP contribution in [0.5, 0.6) is 0 Å². The fraction of sp³-hybridized carbons (Fsp3) is 0.438. The molecule has 1 heterocycles. The highest BCUT2D eigenvalue weighted by atomic mass is 15.3. The highest BCUT2D eigenvalue weighted by molar-refractivity contribution is 5.82. The van der Waals surface area contributed by atoms with E-state index in [0.717, 1.165) is 22.9 Å². The minimum atomic E-state index is -0.0828. The number of hydrazine groups is 1. The zero-order valence-electron chi connectivity index (χ0n) is 12.7. The molecule has 0 saturated heterocycles. The van der Waals surface area contributed by atoms with Gasteiger partial charge in [0.05, 0.1) is 11.6 Å². The molecule has 4 nitrogen and oxygen atoms in total. The van der Waals surface area contributed by atoms with Gasteiger partial charge in [-0.15, -0.1) is 0 Å². The summed E-state index contributed by atoms with van der Waals surface area (Å²) in [6.45, 7) is 4.40. The first kappa shape index (κ1) is 14.9. The van der Waals surface area contributed by atoms with Crippen molar-refractivity contribution in [3.8, 4) is 0 Å². The standard InChI is InChI=1S/C16H24N4/c1-5-16(2,20(3)4)15(19-17)13-10-6-8-12-9-7-11-18-14(12)13/h6-11,15,19H,5,17H2,1-4H3. The Hall–Kier alpha value is -1.49. The van der Waals surface area contributed by atoms with Crippen LogP contribution in [0.25, 0.3) is 10.9 Å². The lowest BCUT2D eigenvalue weighted by Crippen LogP contribution is -2.53. The molecule has 0 fully saturated rings. The molecule has 2 atom stereocenters. The predicted molar refractivity (Wildman–Crippen MR) is 84.2 cm³/mol. The number of likely N-dealkylation sites (N-methyl/N-ethyl adjacent to an activating group) is 1. The number of nitrogens with zero attached hydrogens (tertiary/aromatic N) is 2. The Morgan fingerprint density at radius 1 is 1.30 bits per heavy atom. The van der Waals surface area contributed by atoms with Gasteiger partial charge in [0.15, 0.2) is 0 Å². The van der Waals surface area contributed by atoms with Crippen molar-refractivity contribution in [1.29, 1.82) is 0 Å². The Bertz CT molecular complexity index is 576. The number of nitrogens with one attached hydrogen (secondary N) is 1. The zero-order chi connectivity index (χ0) is 14.8. The first-order chi connectivity index (χ1) is 9.54. The molecule has 2 aromatic rings. The van der Waals surface area contributed by atoms with Crippen LogP contribution in [0.1, 0.15) is 31.9 Å². The van der Waals surface area contributed by atoms with Crippen molar-refractivity contribution >= 4 is 10.9 Å². The Labute approximate surface area is 121 Å². The summed E-state index contributed by atoms with van der Waals surface area (Å²) < 4.78 is 0. The Balaban J connectivity index is 2.60. The molecular weight excluding hydrogens is 248 g/mol. The monoisotopic (exact) mass is 272 g/mol. The van der Waals surface area contributed by atoms with E-state index >= 15 is 0 Å². The number of nitrogens with two attached hydrogens (primary N) is 1. The summed E-state index contributed by atoms with van der Waals surface area (Å²) >= 11 is 0. The maximum absolute atomic E-state index is 5.89. The molecule has 0 spiro atoms. The van der Waals surface area contributed by atoms with E-state index in [1.165, 1.54) is 0 Å². The fourth-order valence-electron chi connectivity index (χ4n) is 2.74. The van der Waals surface area contributed by atoms with Gasteiger partial charge in [0, 0.05) is 17.1 Å². The van der Waals surface area contributed by atoms with E-state index in [1.54, 1.807) is 0 Å². The van der Waals surface area contributed by atoms with E-state index in [9.17, 15) is 0 Å². The molecule has 0 amide bonds. The van der Waals surface area contributed by atoms with Gasteiger partial charge in [-0.2, -0.15) is 0 Å². The fourth-order valence-corrected chi connectivity index (χ4v) is 2.74. The second-order valence-electron chi connectivity index (χ2n) is 5.63. The summed E-state index contributed by atoms with van der Waals surface area (Å²) in [6.07, 6.45) is 2.82. The van der Waals surface area contributed by atoms with Gasteiger partial charge in [0.2, 0.25) is 0 Å². The third kappa shape index (κ3) is 2.42. The molecule has 0 aliphatic carbocycles. The number of para-hydroxylation sites is 1. The summed E-state index contributed by atoms with van der Waals surface area (Å²) in [4.78, 5) is 6.76. The van der Waals surface area contributed by atoms with Gasteiger partial charge in [0.25, 0.3) is 0 Å². The second kappa shape index (κ2) is 5.87. The van der Waals surface area contributed by atoms with Crippen molar-refractivity contribution in [2.75, 3.05) is 14.1 Å². The largest absolute Gasteiger partial charge is 0.302 e. The zero-order valence-corrected chi connectivity index (χ0v) is 12.7. The summed E-state index contributed by atoms with van der Waals surface area (Å²) in [5, 5.41) is 1.14. The van der Waals surface area contributed by atoms with Crippen LogP contribution in [0.2, 0.25) is 0 Å². The Morgan fingerprint density at radius 3 is 2.60 bits per heavy atom. The summed E-state index contributed by atoms with van der Waals surface area (Å²) in [6, 6.07) is 10.3. The van der Waals surface area contributed by atoms with Crippen LogP contribution >= 0.6 is 0 Å². The van der Waals surface area contributed by atoms with Gasteiger partial charge in [-0.3, -0.25) is 16.3 Å². The smallest absolute Gasteiger partial charge is 0.0750 e. The van der Waals surface area contributed by atoms with E-state index in [0.29, 0.717) is 0 Å². The third-order valence-corrected chi connectivity index (χ3v) is 4.50. The van der Waals surface area contributed by atoms with E-state index in [4.69, 9.17) is 5.84 Å². The highest BCUT2D eigenvalue weighted by Crippen LogP contribution is 2.34. The molecule has 1 aromatic carbocycles. The Morgan fingerprint density at radius 2 is 2.00 bits per heavy atom. The van der Waals surface area contributed by atoms with Crippen LogP contribution in [0.3, 0.4) is 0 Å². The number of fused-ring (bicyclic) bond motifs is 1. The van der Waals surface area contributed by atoms with E-state index in [1.807, 2.05) is 12.3 Å². The predicted octanol–water partition coefficient (Wildman–Crippen LogP) is 2.47. The molecular formula is C16H24N4. The lowest BCUT2D eigenvalue weighted by Gasteiger charge is -2.42. The van der Waals surface area contributed by atoms with Gasteiger partial charge >= 0.3 is 0 Å². The van der Waals surface area contributed by atoms with E-state index in [2.05, 4.69) is 67.5 Å².